The molecule has 3 N–H and O–H groups in total. The normalized spacial score (nSPS) is 13.1. The van der Waals surface area contributed by atoms with Crippen molar-refractivity contribution in [3.05, 3.63) is 48.6 Å². The predicted octanol–water partition coefficient (Wildman–Crippen LogP) is 15.5. The summed E-state index contributed by atoms with van der Waals surface area (Å²) >= 11 is 0. The van der Waals surface area contributed by atoms with Crippen molar-refractivity contribution in [2.75, 3.05) is 13.2 Å². The Morgan fingerprint density at radius 1 is 0.467 bits per heavy atom. The molecule has 0 bridgehead atoms. The van der Waals surface area contributed by atoms with Crippen molar-refractivity contribution in [3.8, 4) is 0 Å². The molecule has 0 saturated heterocycles. The molecule has 2 atom stereocenters. The molecule has 0 aromatic rings. The number of hydrogen-bond acceptors (Lipinski definition) is 5. The number of carbonyl (C=O) groups excluding carboxylic acids is 2. The Kier molecular flexibility index (Phi) is 47.7. The van der Waals surface area contributed by atoms with Crippen molar-refractivity contribution < 1.29 is 24.5 Å². The van der Waals surface area contributed by atoms with E-state index >= 15 is 0 Å². The molecule has 0 aliphatic carbocycles. The number of aliphatic hydroxyl groups excluding tert-OH is 2. The molecule has 0 aromatic heterocycles. The standard InChI is InChI=1S/C54H99NO5/c1-3-5-7-9-11-13-15-17-19-20-21-22-26-30-34-38-42-46-52(57)51(50-56)55-53(58)47-43-39-35-31-27-24-25-29-33-37-41-45-49-60-54(59)48-44-40-36-32-28-23-18-16-14-12-10-8-6-4-2/h10,12,16,18,25,29,42,46,51-52,56-57H,3-9,11,13-15,17,19-24,26-28,30-41,43-45,47-50H2,1-2H3,(H,55,58)/b12-10-,18-16-,29-25-,46-42+. The van der Waals surface area contributed by atoms with Gasteiger partial charge in [-0.25, -0.2) is 0 Å². The number of esters is 1. The molecule has 0 spiro atoms. The van der Waals surface area contributed by atoms with Gasteiger partial charge in [-0.1, -0.05) is 204 Å². The summed E-state index contributed by atoms with van der Waals surface area (Å²) in [5.41, 5.74) is 0. The molecule has 0 saturated carbocycles. The summed E-state index contributed by atoms with van der Waals surface area (Å²) in [6.07, 6.45) is 61.1. The second-order valence-electron chi connectivity index (χ2n) is 17.5. The smallest absolute Gasteiger partial charge is 0.305 e. The number of aliphatic hydroxyl groups is 2. The lowest BCUT2D eigenvalue weighted by atomic mass is 10.0. The second kappa shape index (κ2) is 49.5. The molecule has 350 valence electrons. The third-order valence-electron chi connectivity index (χ3n) is 11.6. The number of rotatable bonds is 47. The Morgan fingerprint density at radius 2 is 0.850 bits per heavy atom. The number of hydrogen-bond donors (Lipinski definition) is 3. The second-order valence-corrected chi connectivity index (χ2v) is 17.5. The molecule has 0 aliphatic rings. The van der Waals surface area contributed by atoms with Crippen LogP contribution in [-0.2, 0) is 14.3 Å². The van der Waals surface area contributed by atoms with Gasteiger partial charge in [0.25, 0.3) is 0 Å². The van der Waals surface area contributed by atoms with E-state index in [2.05, 4.69) is 55.6 Å². The highest BCUT2D eigenvalue weighted by Crippen LogP contribution is 2.15. The van der Waals surface area contributed by atoms with Crippen LogP contribution in [0.2, 0.25) is 0 Å². The minimum Gasteiger partial charge on any atom is -0.466 e. The Morgan fingerprint density at radius 3 is 1.33 bits per heavy atom. The van der Waals surface area contributed by atoms with E-state index in [9.17, 15) is 19.8 Å². The number of allylic oxidation sites excluding steroid dienone is 7. The van der Waals surface area contributed by atoms with Gasteiger partial charge >= 0.3 is 5.97 Å². The molecule has 6 nitrogen and oxygen atoms in total. The topological polar surface area (TPSA) is 95.9 Å². The number of unbranched alkanes of at least 4 members (excludes halogenated alkanes) is 30. The molecule has 1 amide bonds. The molecule has 0 fully saturated rings. The van der Waals surface area contributed by atoms with Crippen LogP contribution >= 0.6 is 0 Å². The average Bonchev–Trinajstić information content (AvgIpc) is 3.25. The van der Waals surface area contributed by atoms with Gasteiger partial charge in [0.15, 0.2) is 0 Å². The average molecular weight is 842 g/mol. The summed E-state index contributed by atoms with van der Waals surface area (Å²) < 4.78 is 5.43. The van der Waals surface area contributed by atoms with E-state index in [1.165, 1.54) is 128 Å². The molecule has 0 aliphatic heterocycles. The van der Waals surface area contributed by atoms with Crippen LogP contribution in [0.1, 0.15) is 258 Å². The molecule has 60 heavy (non-hydrogen) atoms. The third kappa shape index (κ3) is 45.3. The van der Waals surface area contributed by atoms with E-state index in [1.54, 1.807) is 6.08 Å². The largest absolute Gasteiger partial charge is 0.466 e. The van der Waals surface area contributed by atoms with Crippen LogP contribution in [0.3, 0.4) is 0 Å². The van der Waals surface area contributed by atoms with Crippen LogP contribution in [0.25, 0.3) is 0 Å². The van der Waals surface area contributed by atoms with Gasteiger partial charge in [0, 0.05) is 12.8 Å². The predicted molar refractivity (Wildman–Crippen MR) is 259 cm³/mol. The van der Waals surface area contributed by atoms with Gasteiger partial charge in [-0.3, -0.25) is 9.59 Å². The van der Waals surface area contributed by atoms with E-state index in [4.69, 9.17) is 4.74 Å². The van der Waals surface area contributed by atoms with Crippen molar-refractivity contribution in [1.29, 1.82) is 0 Å². The van der Waals surface area contributed by atoms with Gasteiger partial charge in [-0.05, 0) is 89.9 Å². The molecular formula is C54H99NO5. The van der Waals surface area contributed by atoms with Crippen molar-refractivity contribution in [2.24, 2.45) is 0 Å². The molecule has 0 heterocycles. The van der Waals surface area contributed by atoms with Crippen LogP contribution in [-0.4, -0.2) is 47.4 Å². The lowest BCUT2D eigenvalue weighted by molar-refractivity contribution is -0.143. The zero-order chi connectivity index (χ0) is 43.7. The van der Waals surface area contributed by atoms with E-state index in [0.29, 0.717) is 19.4 Å². The fourth-order valence-electron chi connectivity index (χ4n) is 7.52. The maximum Gasteiger partial charge on any atom is 0.305 e. The Balaban J connectivity index is 3.57. The molecular weight excluding hydrogens is 743 g/mol. The van der Waals surface area contributed by atoms with E-state index in [-0.39, 0.29) is 18.5 Å². The first kappa shape index (κ1) is 57.8. The summed E-state index contributed by atoms with van der Waals surface area (Å²) in [5.74, 6) is -0.135. The van der Waals surface area contributed by atoms with Crippen LogP contribution in [0, 0.1) is 0 Å². The Bertz CT molecular complexity index is 1020. The van der Waals surface area contributed by atoms with Crippen molar-refractivity contribution in [1.82, 2.24) is 5.32 Å². The number of nitrogens with one attached hydrogen (secondary N) is 1. The van der Waals surface area contributed by atoms with Crippen LogP contribution in [0.15, 0.2) is 48.6 Å². The van der Waals surface area contributed by atoms with Crippen LogP contribution in [0.5, 0.6) is 0 Å². The molecule has 0 aromatic carbocycles. The first-order valence-corrected chi connectivity index (χ1v) is 25.9. The zero-order valence-corrected chi connectivity index (χ0v) is 39.7. The summed E-state index contributed by atoms with van der Waals surface area (Å²) in [7, 11) is 0. The maximum absolute atomic E-state index is 12.4. The van der Waals surface area contributed by atoms with Gasteiger partial charge in [0.1, 0.15) is 0 Å². The quantitative estimate of drug-likeness (QED) is 0.0322. The lowest BCUT2D eigenvalue weighted by Crippen LogP contribution is -2.45. The van der Waals surface area contributed by atoms with Crippen LogP contribution < -0.4 is 5.32 Å². The lowest BCUT2D eigenvalue weighted by Gasteiger charge is -2.20. The minimum atomic E-state index is -0.862. The SMILES string of the molecule is CCCC/C=C\C/C=C\CCCCCCCC(=O)OCCCCC/C=C\CCCCCCCC(=O)NC(CO)C(O)/C=C/CCCCCCCCCCCCCCCCC. The number of amides is 1. The van der Waals surface area contributed by atoms with E-state index in [1.807, 2.05) is 6.08 Å². The molecule has 2 unspecified atom stereocenters. The van der Waals surface area contributed by atoms with Crippen LogP contribution in [0.4, 0.5) is 0 Å². The Labute approximate surface area is 372 Å². The Hall–Kier alpha value is -2.18. The van der Waals surface area contributed by atoms with E-state index in [0.717, 1.165) is 103 Å². The first-order valence-electron chi connectivity index (χ1n) is 25.9. The highest BCUT2D eigenvalue weighted by atomic mass is 16.5. The summed E-state index contributed by atoms with van der Waals surface area (Å²) in [4.78, 5) is 24.4. The zero-order valence-electron chi connectivity index (χ0n) is 39.7. The minimum absolute atomic E-state index is 0.0397. The van der Waals surface area contributed by atoms with Gasteiger partial charge in [-0.2, -0.15) is 0 Å². The first-order chi connectivity index (χ1) is 29.5. The van der Waals surface area contributed by atoms with Crippen molar-refractivity contribution in [2.45, 2.75) is 270 Å². The monoisotopic (exact) mass is 842 g/mol. The van der Waals surface area contributed by atoms with Gasteiger partial charge in [-0.15, -0.1) is 0 Å². The maximum atomic E-state index is 12.4. The summed E-state index contributed by atoms with van der Waals surface area (Å²) in [5, 5.41) is 23.1. The van der Waals surface area contributed by atoms with Gasteiger partial charge < -0.3 is 20.3 Å². The molecule has 0 rings (SSSR count). The molecule has 6 heteroatoms. The van der Waals surface area contributed by atoms with Crippen molar-refractivity contribution >= 4 is 11.9 Å². The van der Waals surface area contributed by atoms with E-state index < -0.39 is 12.1 Å². The summed E-state index contributed by atoms with van der Waals surface area (Å²) in [6, 6.07) is -0.648. The third-order valence-corrected chi connectivity index (χ3v) is 11.6. The van der Waals surface area contributed by atoms with Crippen molar-refractivity contribution in [3.63, 3.8) is 0 Å². The fourth-order valence-corrected chi connectivity index (χ4v) is 7.52. The number of carbonyl (C=O) groups is 2. The highest BCUT2D eigenvalue weighted by Gasteiger charge is 2.18. The summed E-state index contributed by atoms with van der Waals surface area (Å²) in [6.45, 7) is 4.79. The fraction of sp³-hybridized carbons (Fsp3) is 0.815. The highest BCUT2D eigenvalue weighted by molar-refractivity contribution is 5.76. The molecule has 0 radical (unpaired) electrons. The number of ether oxygens (including phenoxy) is 1. The van der Waals surface area contributed by atoms with Gasteiger partial charge in [0.2, 0.25) is 5.91 Å². The van der Waals surface area contributed by atoms with Gasteiger partial charge in [0.05, 0.1) is 25.4 Å².